The van der Waals surface area contributed by atoms with E-state index in [1.54, 1.807) is 0 Å². The first kappa shape index (κ1) is 12.9. The van der Waals surface area contributed by atoms with Crippen LogP contribution < -0.4 is 0 Å². The molecule has 1 aromatic rings. The largest absolute Gasteiger partial charge is 0.329 e. The van der Waals surface area contributed by atoms with Crippen molar-refractivity contribution in [1.29, 1.82) is 0 Å². The van der Waals surface area contributed by atoms with Crippen LogP contribution in [-0.4, -0.2) is 39.7 Å². The van der Waals surface area contributed by atoms with E-state index in [9.17, 15) is 9.59 Å². The van der Waals surface area contributed by atoms with E-state index in [1.165, 1.54) is 0 Å². The molecule has 0 bridgehead atoms. The second-order valence-corrected chi connectivity index (χ2v) is 6.71. The Labute approximate surface area is 124 Å². The van der Waals surface area contributed by atoms with Gasteiger partial charge >= 0.3 is 0 Å². The van der Waals surface area contributed by atoms with Gasteiger partial charge in [-0.25, -0.2) is 0 Å². The van der Waals surface area contributed by atoms with Crippen LogP contribution in [0, 0.1) is 0 Å². The highest BCUT2D eigenvalue weighted by Crippen LogP contribution is 2.49. The van der Waals surface area contributed by atoms with E-state index in [0.717, 1.165) is 37.8 Å². The van der Waals surface area contributed by atoms with Gasteiger partial charge in [0.05, 0.1) is 0 Å². The summed E-state index contributed by atoms with van der Waals surface area (Å²) in [5.74, 6) is 0.261. The van der Waals surface area contributed by atoms with Gasteiger partial charge in [0.15, 0.2) is 0 Å². The molecule has 2 heterocycles. The van der Waals surface area contributed by atoms with Gasteiger partial charge in [0.1, 0.15) is 12.1 Å². The summed E-state index contributed by atoms with van der Waals surface area (Å²) in [6, 6.07) is 9.11. The lowest BCUT2D eigenvalue weighted by molar-refractivity contribution is -0.163. The molecule has 0 N–H and O–H groups in total. The summed E-state index contributed by atoms with van der Waals surface area (Å²) in [5, 5.41) is 0. The first-order valence-electron chi connectivity index (χ1n) is 7.80. The Bertz CT molecular complexity index is 594. The average Bonchev–Trinajstić information content (AvgIpc) is 3.04. The van der Waals surface area contributed by atoms with Crippen molar-refractivity contribution < 1.29 is 9.59 Å². The van der Waals surface area contributed by atoms with Crippen LogP contribution in [0.4, 0.5) is 0 Å². The van der Waals surface area contributed by atoms with Crippen LogP contribution in [0.3, 0.4) is 0 Å². The molecule has 2 atom stereocenters. The molecule has 21 heavy (non-hydrogen) atoms. The second-order valence-electron chi connectivity index (χ2n) is 6.71. The van der Waals surface area contributed by atoms with E-state index in [0.29, 0.717) is 0 Å². The summed E-state index contributed by atoms with van der Waals surface area (Å²) in [4.78, 5) is 29.6. The third kappa shape index (κ3) is 1.81. The summed E-state index contributed by atoms with van der Waals surface area (Å²) in [5.41, 5.74) is 0.816. The average molecular weight is 284 g/mol. The fourth-order valence-corrected chi connectivity index (χ4v) is 3.77. The highest BCUT2D eigenvalue weighted by Gasteiger charge is 2.57. The SMILES string of the molecule is CC1(N2C(=O)C3CCCN3C(=O)C2c2ccccc2)CC1. The maximum Gasteiger partial charge on any atom is 0.250 e. The Hall–Kier alpha value is -1.84. The van der Waals surface area contributed by atoms with E-state index in [1.807, 2.05) is 40.1 Å². The minimum absolute atomic E-state index is 0.108. The first-order valence-corrected chi connectivity index (χ1v) is 7.80. The van der Waals surface area contributed by atoms with E-state index in [2.05, 4.69) is 6.92 Å². The smallest absolute Gasteiger partial charge is 0.250 e. The van der Waals surface area contributed by atoms with Crippen molar-refractivity contribution in [2.45, 2.75) is 50.2 Å². The number of hydrogen-bond donors (Lipinski definition) is 0. The molecule has 3 fully saturated rings. The highest BCUT2D eigenvalue weighted by molar-refractivity contribution is 5.98. The lowest BCUT2D eigenvalue weighted by atomic mass is 9.96. The summed E-state index contributed by atoms with van der Waals surface area (Å²) >= 11 is 0. The minimum atomic E-state index is -0.430. The van der Waals surface area contributed by atoms with Crippen LogP contribution in [0.5, 0.6) is 0 Å². The molecule has 0 spiro atoms. The second kappa shape index (κ2) is 4.33. The molecule has 1 aromatic carbocycles. The van der Waals surface area contributed by atoms with Crippen LogP contribution in [-0.2, 0) is 9.59 Å². The molecular formula is C17H20N2O2. The topological polar surface area (TPSA) is 40.6 Å². The molecule has 2 unspecified atom stereocenters. The molecule has 1 aliphatic carbocycles. The number of benzene rings is 1. The molecule has 0 radical (unpaired) electrons. The van der Waals surface area contributed by atoms with E-state index in [-0.39, 0.29) is 23.4 Å². The molecule has 0 aromatic heterocycles. The van der Waals surface area contributed by atoms with Gasteiger partial charge in [0.25, 0.3) is 5.91 Å². The summed E-state index contributed by atoms with van der Waals surface area (Å²) in [7, 11) is 0. The number of nitrogens with zero attached hydrogens (tertiary/aromatic N) is 2. The molecule has 2 amide bonds. The molecular weight excluding hydrogens is 264 g/mol. The van der Waals surface area contributed by atoms with E-state index < -0.39 is 6.04 Å². The van der Waals surface area contributed by atoms with Crippen molar-refractivity contribution in [3.05, 3.63) is 35.9 Å². The summed E-state index contributed by atoms with van der Waals surface area (Å²) < 4.78 is 0. The van der Waals surface area contributed by atoms with Gasteiger partial charge in [-0.2, -0.15) is 0 Å². The lowest BCUT2D eigenvalue weighted by Crippen LogP contribution is -2.61. The number of carbonyl (C=O) groups is 2. The zero-order valence-corrected chi connectivity index (χ0v) is 12.3. The number of amides is 2. The van der Waals surface area contributed by atoms with Gasteiger partial charge in [0, 0.05) is 12.1 Å². The Balaban J connectivity index is 1.80. The fraction of sp³-hybridized carbons (Fsp3) is 0.529. The zero-order chi connectivity index (χ0) is 14.6. The van der Waals surface area contributed by atoms with Crippen molar-refractivity contribution in [3.8, 4) is 0 Å². The lowest BCUT2D eigenvalue weighted by Gasteiger charge is -2.45. The summed E-state index contributed by atoms with van der Waals surface area (Å²) in [6.45, 7) is 2.84. The van der Waals surface area contributed by atoms with Crippen LogP contribution in [0.25, 0.3) is 0 Å². The Morgan fingerprint density at radius 1 is 1.10 bits per heavy atom. The van der Waals surface area contributed by atoms with Crippen LogP contribution in [0.2, 0.25) is 0 Å². The predicted octanol–water partition coefficient (Wildman–Crippen LogP) is 2.11. The number of piperazine rings is 1. The fourth-order valence-electron chi connectivity index (χ4n) is 3.77. The first-order chi connectivity index (χ1) is 10.1. The molecule has 2 saturated heterocycles. The van der Waals surface area contributed by atoms with Gasteiger partial charge < -0.3 is 9.80 Å². The zero-order valence-electron chi connectivity index (χ0n) is 12.3. The van der Waals surface area contributed by atoms with E-state index in [4.69, 9.17) is 0 Å². The minimum Gasteiger partial charge on any atom is -0.329 e. The van der Waals surface area contributed by atoms with Crippen molar-refractivity contribution in [2.75, 3.05) is 6.54 Å². The van der Waals surface area contributed by atoms with Crippen molar-refractivity contribution in [3.63, 3.8) is 0 Å². The molecule has 4 rings (SSSR count). The third-order valence-electron chi connectivity index (χ3n) is 5.22. The van der Waals surface area contributed by atoms with Crippen molar-refractivity contribution in [1.82, 2.24) is 9.80 Å². The Morgan fingerprint density at radius 3 is 2.48 bits per heavy atom. The molecule has 4 heteroatoms. The highest BCUT2D eigenvalue weighted by atomic mass is 16.2. The molecule has 3 aliphatic rings. The van der Waals surface area contributed by atoms with Crippen LogP contribution in [0.15, 0.2) is 30.3 Å². The monoisotopic (exact) mass is 284 g/mol. The van der Waals surface area contributed by atoms with Gasteiger partial charge in [-0.15, -0.1) is 0 Å². The number of hydrogen-bond acceptors (Lipinski definition) is 2. The summed E-state index contributed by atoms with van der Waals surface area (Å²) in [6.07, 6.45) is 3.76. The molecule has 4 nitrogen and oxygen atoms in total. The van der Waals surface area contributed by atoms with Crippen LogP contribution >= 0.6 is 0 Å². The number of carbonyl (C=O) groups excluding carboxylic acids is 2. The number of fused-ring (bicyclic) bond motifs is 1. The molecule has 110 valence electrons. The molecule has 2 aliphatic heterocycles. The number of rotatable bonds is 2. The van der Waals surface area contributed by atoms with Gasteiger partial charge in [-0.05, 0) is 38.2 Å². The Kier molecular flexibility index (Phi) is 2.65. The van der Waals surface area contributed by atoms with Crippen molar-refractivity contribution in [2.24, 2.45) is 0 Å². The quantitative estimate of drug-likeness (QED) is 0.834. The van der Waals surface area contributed by atoms with Gasteiger partial charge in [-0.3, -0.25) is 9.59 Å². The maximum atomic E-state index is 13.0. The predicted molar refractivity (Wildman–Crippen MR) is 78.4 cm³/mol. The standard InChI is InChI=1S/C17H20N2O2/c1-17(9-10-17)19-14(12-6-3-2-4-7-12)16(21)18-11-5-8-13(18)15(19)20/h2-4,6-7,13-14H,5,8-11H2,1H3. The van der Waals surface area contributed by atoms with Gasteiger partial charge in [0.2, 0.25) is 5.91 Å². The van der Waals surface area contributed by atoms with Gasteiger partial charge in [-0.1, -0.05) is 30.3 Å². The van der Waals surface area contributed by atoms with E-state index >= 15 is 0 Å². The molecule has 1 saturated carbocycles. The maximum absolute atomic E-state index is 13.0. The van der Waals surface area contributed by atoms with Crippen molar-refractivity contribution >= 4 is 11.8 Å². The Morgan fingerprint density at radius 2 is 1.81 bits per heavy atom. The normalized spacial score (nSPS) is 30.5. The van der Waals surface area contributed by atoms with Crippen LogP contribution in [0.1, 0.15) is 44.2 Å². The third-order valence-corrected chi connectivity index (χ3v) is 5.22.